The summed E-state index contributed by atoms with van der Waals surface area (Å²) in [5.74, 6) is -6.13. The van der Waals surface area contributed by atoms with Crippen LogP contribution in [0, 0.1) is 5.92 Å². The molecule has 0 saturated carbocycles. The second-order valence-electron chi connectivity index (χ2n) is 2.30. The van der Waals surface area contributed by atoms with Crippen LogP contribution in [0.5, 0.6) is 0 Å². The van der Waals surface area contributed by atoms with Gasteiger partial charge in [-0.05, 0) is 0 Å². The fourth-order valence-corrected chi connectivity index (χ4v) is 1.26. The normalized spacial score (nSPS) is 15.7. The minimum atomic E-state index is -5.65. The Hall–Kier alpha value is -0.470. The van der Waals surface area contributed by atoms with Crippen molar-refractivity contribution in [3.63, 3.8) is 0 Å². The summed E-state index contributed by atoms with van der Waals surface area (Å²) < 4.78 is 70.9. The topological polar surface area (TPSA) is 37.3 Å². The zero-order valence-corrected chi connectivity index (χ0v) is 7.74. The van der Waals surface area contributed by atoms with E-state index in [2.05, 4.69) is 0 Å². The minimum Gasteiger partial charge on any atom is -0.480 e. The molecule has 84 valence electrons. The predicted octanol–water partition coefficient (Wildman–Crippen LogP) is 2.58. The monoisotopic (exact) mass is 288 g/mol. The molecule has 0 amide bonds. The number of halogens is 7. The molecule has 0 aromatic heterocycles. The van der Waals surface area contributed by atoms with E-state index in [9.17, 15) is 31.1 Å². The molecule has 0 saturated heterocycles. The van der Waals surface area contributed by atoms with Gasteiger partial charge in [-0.3, -0.25) is 4.79 Å². The number of carboxylic acids is 1. The van der Waals surface area contributed by atoms with Crippen molar-refractivity contribution in [2.45, 2.75) is 17.2 Å². The number of hydrogen-bond acceptors (Lipinski definition) is 1. The van der Waals surface area contributed by atoms with Gasteiger partial charge in [0.15, 0.2) is 5.92 Å². The Labute approximate surface area is 82.0 Å². The zero-order chi connectivity index (χ0) is 11.7. The lowest BCUT2D eigenvalue weighted by Gasteiger charge is -2.24. The molecule has 14 heavy (non-hydrogen) atoms. The van der Waals surface area contributed by atoms with E-state index in [4.69, 9.17) is 5.11 Å². The molecule has 1 unspecified atom stereocenters. The minimum absolute atomic E-state index is 1.84. The van der Waals surface area contributed by atoms with Crippen LogP contribution in [-0.4, -0.2) is 28.3 Å². The Morgan fingerprint density at radius 3 is 1.43 bits per heavy atom. The molecule has 0 aromatic carbocycles. The van der Waals surface area contributed by atoms with Gasteiger partial charge in [0, 0.05) is 0 Å². The van der Waals surface area contributed by atoms with E-state index in [-0.39, 0.29) is 0 Å². The SMILES string of the molecule is O=C(O)C(Br)C(C(F)(F)F)C(F)(F)F. The maximum Gasteiger partial charge on any atom is 0.402 e. The summed E-state index contributed by atoms with van der Waals surface area (Å²) in [5, 5.41) is 8.03. The Balaban J connectivity index is 5.03. The zero-order valence-electron chi connectivity index (χ0n) is 6.16. The van der Waals surface area contributed by atoms with Crippen LogP contribution >= 0.6 is 15.9 Å². The molecule has 0 rings (SSSR count). The average molecular weight is 289 g/mol. The Kier molecular flexibility index (Phi) is 3.82. The van der Waals surface area contributed by atoms with E-state index in [0.717, 1.165) is 0 Å². The van der Waals surface area contributed by atoms with Crippen molar-refractivity contribution in [2.24, 2.45) is 5.92 Å². The van der Waals surface area contributed by atoms with Gasteiger partial charge < -0.3 is 5.11 Å². The molecular weight excluding hydrogens is 286 g/mol. The summed E-state index contributed by atoms with van der Waals surface area (Å²) in [6.45, 7) is 0. The van der Waals surface area contributed by atoms with Gasteiger partial charge in [-0.1, -0.05) is 15.9 Å². The van der Waals surface area contributed by atoms with Crippen LogP contribution in [0.15, 0.2) is 0 Å². The highest BCUT2D eigenvalue weighted by Gasteiger charge is 2.61. The van der Waals surface area contributed by atoms with E-state index in [1.54, 1.807) is 0 Å². The van der Waals surface area contributed by atoms with Crippen LogP contribution in [0.1, 0.15) is 0 Å². The molecule has 0 heterocycles. The number of carbonyl (C=O) groups is 1. The van der Waals surface area contributed by atoms with Crippen molar-refractivity contribution < 1.29 is 36.2 Å². The van der Waals surface area contributed by atoms with E-state index >= 15 is 0 Å². The van der Waals surface area contributed by atoms with Crippen LogP contribution in [0.2, 0.25) is 0 Å². The molecule has 0 fully saturated rings. The summed E-state index contributed by atoms with van der Waals surface area (Å²) in [6.07, 6.45) is -11.3. The Morgan fingerprint density at radius 2 is 1.36 bits per heavy atom. The van der Waals surface area contributed by atoms with Gasteiger partial charge in [0.25, 0.3) is 0 Å². The molecule has 0 bridgehead atoms. The molecule has 0 spiro atoms. The molecular formula is C5H3BrF6O2. The number of rotatable bonds is 2. The number of hydrogen-bond donors (Lipinski definition) is 1. The number of alkyl halides is 7. The van der Waals surface area contributed by atoms with Crippen molar-refractivity contribution in [3.05, 3.63) is 0 Å². The third kappa shape index (κ3) is 3.35. The van der Waals surface area contributed by atoms with Crippen LogP contribution < -0.4 is 0 Å². The van der Waals surface area contributed by atoms with E-state index in [0.29, 0.717) is 0 Å². The van der Waals surface area contributed by atoms with Gasteiger partial charge in [-0.25, -0.2) is 0 Å². The van der Waals surface area contributed by atoms with Crippen LogP contribution in [0.3, 0.4) is 0 Å². The fourth-order valence-electron chi connectivity index (χ4n) is 0.660. The molecule has 0 radical (unpaired) electrons. The third-order valence-electron chi connectivity index (χ3n) is 1.23. The lowest BCUT2D eigenvalue weighted by Crippen LogP contribution is -2.45. The van der Waals surface area contributed by atoms with Gasteiger partial charge >= 0.3 is 18.3 Å². The second-order valence-corrected chi connectivity index (χ2v) is 3.29. The largest absolute Gasteiger partial charge is 0.480 e. The molecule has 0 aliphatic rings. The summed E-state index contributed by atoms with van der Waals surface area (Å²) in [6, 6.07) is 0. The van der Waals surface area contributed by atoms with Crippen molar-refractivity contribution >= 4 is 21.9 Å². The first-order valence-corrected chi connectivity index (χ1v) is 3.89. The first-order valence-electron chi connectivity index (χ1n) is 2.98. The summed E-state index contributed by atoms with van der Waals surface area (Å²) in [5.41, 5.74) is 0. The maximum atomic E-state index is 11.8. The molecule has 1 atom stereocenters. The van der Waals surface area contributed by atoms with Crippen molar-refractivity contribution in [1.82, 2.24) is 0 Å². The molecule has 0 aliphatic heterocycles. The van der Waals surface area contributed by atoms with E-state index in [1.165, 1.54) is 0 Å². The summed E-state index contributed by atoms with van der Waals surface area (Å²) >= 11 is 1.84. The van der Waals surface area contributed by atoms with Gasteiger partial charge in [0.05, 0.1) is 0 Å². The summed E-state index contributed by atoms with van der Waals surface area (Å²) in [7, 11) is 0. The predicted molar refractivity (Wildman–Crippen MR) is 36.0 cm³/mol. The van der Waals surface area contributed by atoms with Gasteiger partial charge in [0.1, 0.15) is 4.83 Å². The quantitative estimate of drug-likeness (QED) is 0.626. The lowest BCUT2D eigenvalue weighted by atomic mass is 10.0. The lowest BCUT2D eigenvalue weighted by molar-refractivity contribution is -0.282. The van der Waals surface area contributed by atoms with Gasteiger partial charge in [-0.2, -0.15) is 26.3 Å². The smallest absolute Gasteiger partial charge is 0.402 e. The second kappa shape index (κ2) is 3.95. The van der Waals surface area contributed by atoms with E-state index in [1.807, 2.05) is 15.9 Å². The highest BCUT2D eigenvalue weighted by Crippen LogP contribution is 2.43. The highest BCUT2D eigenvalue weighted by atomic mass is 79.9. The van der Waals surface area contributed by atoms with Crippen molar-refractivity contribution in [1.29, 1.82) is 0 Å². The van der Waals surface area contributed by atoms with Crippen LogP contribution in [0.4, 0.5) is 26.3 Å². The number of aliphatic carboxylic acids is 1. The third-order valence-corrected chi connectivity index (χ3v) is 2.15. The maximum absolute atomic E-state index is 11.8. The van der Waals surface area contributed by atoms with E-state index < -0.39 is 29.1 Å². The van der Waals surface area contributed by atoms with Gasteiger partial charge in [-0.15, -0.1) is 0 Å². The van der Waals surface area contributed by atoms with Crippen molar-refractivity contribution in [2.75, 3.05) is 0 Å². The summed E-state index contributed by atoms with van der Waals surface area (Å²) in [4.78, 5) is 7.25. The molecule has 0 aromatic rings. The van der Waals surface area contributed by atoms with Crippen LogP contribution in [-0.2, 0) is 4.79 Å². The molecule has 1 N–H and O–H groups in total. The molecule has 9 heteroatoms. The first kappa shape index (κ1) is 13.5. The van der Waals surface area contributed by atoms with Crippen molar-refractivity contribution in [3.8, 4) is 0 Å². The van der Waals surface area contributed by atoms with Gasteiger partial charge in [0.2, 0.25) is 0 Å². The molecule has 0 aliphatic carbocycles. The highest BCUT2D eigenvalue weighted by molar-refractivity contribution is 9.10. The number of carboxylic acid groups (broad SMARTS) is 1. The standard InChI is InChI=1S/C5H3BrF6O2/c6-1(3(13)14)2(4(7,8)9)5(10,11)12/h1-2H,(H,13,14). The van der Waals surface area contributed by atoms with Crippen LogP contribution in [0.25, 0.3) is 0 Å². The fraction of sp³-hybridized carbons (Fsp3) is 0.800. The Bertz CT molecular complexity index is 207. The molecule has 2 nitrogen and oxygen atoms in total. The Morgan fingerprint density at radius 1 is 1.07 bits per heavy atom. The first-order chi connectivity index (χ1) is 5.98. The average Bonchev–Trinajstić information content (AvgIpc) is 1.79.